The number of amides is 5. The number of likely N-dealkylation sites (N-methyl/N-ethyl adjacent to an activating group) is 1. The molecule has 1 aliphatic rings. The second-order valence-electron chi connectivity index (χ2n) is 14.9. The van der Waals surface area contributed by atoms with E-state index in [2.05, 4.69) is 15.4 Å². The van der Waals surface area contributed by atoms with Gasteiger partial charge in [-0.2, -0.15) is 0 Å². The summed E-state index contributed by atoms with van der Waals surface area (Å²) in [6.07, 6.45) is -0.195. The molecule has 1 saturated heterocycles. The monoisotopic (exact) mass is 752 g/mol. The number of benzene rings is 1. The molecule has 294 valence electrons. The van der Waals surface area contributed by atoms with Gasteiger partial charge in [-0.3, -0.25) is 23.9 Å². The Morgan fingerprint density at radius 1 is 1.04 bits per heavy atom. The van der Waals surface area contributed by atoms with E-state index in [1.165, 1.54) is 33.0 Å². The molecule has 1 aliphatic heterocycles. The lowest BCUT2D eigenvalue weighted by atomic mass is 9.90. The van der Waals surface area contributed by atoms with Crippen molar-refractivity contribution in [2.45, 2.75) is 121 Å². The zero-order valence-corrected chi connectivity index (χ0v) is 33.4. The zero-order valence-electron chi connectivity index (χ0n) is 32.6. The van der Waals surface area contributed by atoms with Crippen LogP contribution in [0.5, 0.6) is 0 Å². The molecule has 7 unspecified atom stereocenters. The molecule has 0 saturated carbocycles. The number of likely N-dealkylation sites (tertiary alicyclic amines) is 1. The number of hydrogen-bond donors (Lipinski definition) is 4. The third-order valence-electron chi connectivity index (χ3n) is 9.37. The number of nitrogens with two attached hydrogens (primary N) is 1. The van der Waals surface area contributed by atoms with Crippen LogP contribution in [0.2, 0.25) is 0 Å². The van der Waals surface area contributed by atoms with E-state index in [-0.39, 0.29) is 24.8 Å². The predicted octanol–water partition coefficient (Wildman–Crippen LogP) is 2.75. The van der Waals surface area contributed by atoms with Crippen molar-refractivity contribution in [3.05, 3.63) is 24.3 Å². The molecule has 5 N–H and O–H groups in total. The lowest BCUT2D eigenvalue weighted by Crippen LogP contribution is -2.58. The van der Waals surface area contributed by atoms with Crippen LogP contribution in [0.4, 0.5) is 10.5 Å². The van der Waals surface area contributed by atoms with E-state index in [1.54, 1.807) is 63.9 Å². The summed E-state index contributed by atoms with van der Waals surface area (Å²) in [6.45, 7) is 13.9. The highest BCUT2D eigenvalue weighted by atomic mass is 32.2. The van der Waals surface area contributed by atoms with Crippen molar-refractivity contribution >= 4 is 46.4 Å². The van der Waals surface area contributed by atoms with Crippen LogP contribution in [0.15, 0.2) is 29.2 Å². The number of hydrogen-bond acceptors (Lipinski definition) is 10. The Balaban J connectivity index is 2.13. The first-order valence-corrected chi connectivity index (χ1v) is 18.8. The molecule has 0 aromatic heterocycles. The van der Waals surface area contributed by atoms with Crippen molar-refractivity contribution in [2.24, 2.45) is 11.8 Å². The first-order valence-electron chi connectivity index (χ1n) is 17.6. The van der Waals surface area contributed by atoms with Crippen LogP contribution < -0.4 is 21.1 Å². The van der Waals surface area contributed by atoms with Gasteiger partial charge in [0.25, 0.3) is 0 Å². The standard InChI is InChI=1S/C36H60N6O9S/c1-12-22(2)30(41(9)29(44)21-38-33(46)36(7,8)39-34(47)51-35(4,5)6)27(49-10)20-28(43)42-19-13-14-26(42)31(50-11)23(3)32(45)40-52(48)25-17-15-24(37)16-18-25/h15-18,22-23,26-27,30-31H,12-14,19-21,37H2,1-11H3,(H,38,46)(H,39,47)(H,40,45). The molecule has 7 atom stereocenters. The van der Waals surface area contributed by atoms with Crippen molar-refractivity contribution in [3.63, 3.8) is 0 Å². The number of anilines is 1. The molecule has 0 aliphatic carbocycles. The Kier molecular flexibility index (Phi) is 16.5. The number of nitrogens with zero attached hydrogens (tertiary/aromatic N) is 2. The fourth-order valence-electron chi connectivity index (χ4n) is 6.28. The van der Waals surface area contributed by atoms with E-state index in [9.17, 15) is 28.2 Å². The normalized spacial score (nSPS) is 18.3. The first kappa shape index (κ1) is 44.4. The molecule has 1 fully saturated rings. The Morgan fingerprint density at radius 3 is 2.19 bits per heavy atom. The van der Waals surface area contributed by atoms with Gasteiger partial charge in [0.15, 0.2) is 11.0 Å². The first-order chi connectivity index (χ1) is 24.2. The van der Waals surface area contributed by atoms with E-state index >= 15 is 0 Å². The van der Waals surface area contributed by atoms with Gasteiger partial charge in [0.1, 0.15) is 11.1 Å². The smallest absolute Gasteiger partial charge is 0.408 e. The Bertz CT molecular complexity index is 1420. The molecule has 16 heteroatoms. The fourth-order valence-corrected chi connectivity index (χ4v) is 7.15. The largest absolute Gasteiger partial charge is 0.444 e. The minimum absolute atomic E-state index is 0.0447. The summed E-state index contributed by atoms with van der Waals surface area (Å²) in [5.74, 6) is -2.51. The van der Waals surface area contributed by atoms with Gasteiger partial charge in [0.2, 0.25) is 23.6 Å². The molecule has 0 radical (unpaired) electrons. The average Bonchev–Trinajstić information content (AvgIpc) is 3.55. The van der Waals surface area contributed by atoms with Crippen LogP contribution in [-0.4, -0.2) is 114 Å². The van der Waals surface area contributed by atoms with Gasteiger partial charge < -0.3 is 40.4 Å². The molecule has 52 heavy (non-hydrogen) atoms. The van der Waals surface area contributed by atoms with Crippen molar-refractivity contribution < 1.29 is 42.4 Å². The summed E-state index contributed by atoms with van der Waals surface area (Å²) in [5, 5.41) is 5.13. The van der Waals surface area contributed by atoms with E-state index in [0.717, 1.165) is 0 Å². The SMILES string of the molecule is CCC(C)C(C(CC(=O)N1CCCC1C(OC)C(C)C(=O)NS(=O)c1ccc(N)cc1)OC)N(C)C(=O)CNC(=O)C(C)(C)NC(=O)OC(C)(C)C. The number of nitrogen functional groups attached to an aromatic ring is 1. The van der Waals surface area contributed by atoms with E-state index in [0.29, 0.717) is 36.4 Å². The third kappa shape index (κ3) is 12.4. The number of carbonyl (C=O) groups excluding carboxylic acids is 5. The highest BCUT2D eigenvalue weighted by molar-refractivity contribution is 7.83. The van der Waals surface area contributed by atoms with Gasteiger partial charge in [0.05, 0.1) is 48.1 Å². The van der Waals surface area contributed by atoms with Gasteiger partial charge in [-0.25, -0.2) is 9.00 Å². The summed E-state index contributed by atoms with van der Waals surface area (Å²) >= 11 is 0. The van der Waals surface area contributed by atoms with Crippen LogP contribution in [0.3, 0.4) is 0 Å². The fraction of sp³-hybridized carbons (Fsp3) is 0.694. The molecule has 0 spiro atoms. The summed E-state index contributed by atoms with van der Waals surface area (Å²) < 4.78 is 32.3. The predicted molar refractivity (Wildman–Crippen MR) is 198 cm³/mol. The minimum atomic E-state index is -1.81. The van der Waals surface area contributed by atoms with E-state index < -0.39 is 76.1 Å². The number of methoxy groups -OCH3 is 2. The van der Waals surface area contributed by atoms with Crippen LogP contribution in [0.25, 0.3) is 0 Å². The molecular formula is C36H60N6O9S. The van der Waals surface area contributed by atoms with Crippen molar-refractivity contribution in [2.75, 3.05) is 40.1 Å². The Hall–Kier alpha value is -3.76. The van der Waals surface area contributed by atoms with Crippen LogP contribution in [0.1, 0.15) is 81.1 Å². The van der Waals surface area contributed by atoms with Gasteiger partial charge in [-0.1, -0.05) is 27.2 Å². The summed E-state index contributed by atoms with van der Waals surface area (Å²) in [4.78, 5) is 69.5. The number of rotatable bonds is 17. The third-order valence-corrected chi connectivity index (χ3v) is 10.5. The topological polar surface area (TPSA) is 199 Å². The highest BCUT2D eigenvalue weighted by Gasteiger charge is 2.42. The van der Waals surface area contributed by atoms with Gasteiger partial charge >= 0.3 is 6.09 Å². The van der Waals surface area contributed by atoms with E-state index in [1.807, 2.05) is 13.8 Å². The molecule has 1 heterocycles. The minimum Gasteiger partial charge on any atom is -0.444 e. The van der Waals surface area contributed by atoms with Crippen molar-refractivity contribution in [1.29, 1.82) is 0 Å². The lowest BCUT2D eigenvalue weighted by Gasteiger charge is -2.39. The highest BCUT2D eigenvalue weighted by Crippen LogP contribution is 2.29. The van der Waals surface area contributed by atoms with Crippen LogP contribution in [0, 0.1) is 11.8 Å². The van der Waals surface area contributed by atoms with Gasteiger partial charge in [-0.15, -0.1) is 0 Å². The molecule has 2 rings (SSSR count). The van der Waals surface area contributed by atoms with E-state index in [4.69, 9.17) is 19.9 Å². The summed E-state index contributed by atoms with van der Waals surface area (Å²) in [5.41, 5.74) is 4.11. The molecule has 15 nitrogen and oxygen atoms in total. The van der Waals surface area contributed by atoms with Crippen LogP contribution >= 0.6 is 0 Å². The molecule has 5 amide bonds. The second-order valence-corrected chi connectivity index (χ2v) is 16.1. The van der Waals surface area contributed by atoms with Crippen molar-refractivity contribution in [3.8, 4) is 0 Å². The van der Waals surface area contributed by atoms with Gasteiger partial charge in [-0.05, 0) is 77.6 Å². The molecular weight excluding hydrogens is 692 g/mol. The van der Waals surface area contributed by atoms with Crippen LogP contribution in [-0.2, 0) is 44.4 Å². The summed E-state index contributed by atoms with van der Waals surface area (Å²) in [7, 11) is 2.78. The maximum absolute atomic E-state index is 14.0. The second kappa shape index (κ2) is 19.4. The molecule has 0 bridgehead atoms. The summed E-state index contributed by atoms with van der Waals surface area (Å²) in [6, 6.07) is 5.41. The Morgan fingerprint density at radius 2 is 1.65 bits per heavy atom. The number of ether oxygens (including phenoxy) is 3. The average molecular weight is 753 g/mol. The van der Waals surface area contributed by atoms with Crippen molar-refractivity contribution in [1.82, 2.24) is 25.2 Å². The maximum atomic E-state index is 14.0. The Labute approximate surface area is 311 Å². The number of nitrogens with one attached hydrogen (secondary N) is 3. The maximum Gasteiger partial charge on any atom is 0.408 e. The lowest BCUT2D eigenvalue weighted by molar-refractivity contribution is -0.145. The zero-order chi connectivity index (χ0) is 39.6. The number of carbonyl (C=O) groups is 5. The quantitative estimate of drug-likeness (QED) is 0.172. The molecule has 1 aromatic rings. The molecule has 1 aromatic carbocycles. The number of alkyl carbamates (subject to hydrolysis) is 1. The van der Waals surface area contributed by atoms with Gasteiger partial charge in [0, 0.05) is 33.5 Å².